The molecule has 2 N–H and O–H groups in total. The van der Waals surface area contributed by atoms with Gasteiger partial charge in [0.15, 0.2) is 5.96 Å². The van der Waals surface area contributed by atoms with Gasteiger partial charge in [-0.25, -0.2) is 4.98 Å². The number of piperidine rings is 1. The SMILES string of the molecule is CCNC(=NCCCC(=O)OC1CCCC1)NC1CCN(c2ccc(C)cn2)CC1.I. The highest BCUT2D eigenvalue weighted by molar-refractivity contribution is 14.0. The number of halogens is 1. The highest BCUT2D eigenvalue weighted by Gasteiger charge is 2.21. The Morgan fingerprint density at radius 2 is 1.97 bits per heavy atom. The van der Waals surface area contributed by atoms with Crippen LogP contribution in [-0.4, -0.2) is 55.2 Å². The Hall–Kier alpha value is -1.58. The van der Waals surface area contributed by atoms with Gasteiger partial charge < -0.3 is 20.3 Å². The fraction of sp³-hybridized carbons (Fsp3) is 0.696. The van der Waals surface area contributed by atoms with E-state index in [1.165, 1.54) is 18.4 Å². The van der Waals surface area contributed by atoms with Gasteiger partial charge in [-0.05, 0) is 70.4 Å². The highest BCUT2D eigenvalue weighted by Crippen LogP contribution is 2.21. The molecule has 0 amide bonds. The van der Waals surface area contributed by atoms with E-state index < -0.39 is 0 Å². The highest BCUT2D eigenvalue weighted by atomic mass is 127. The fourth-order valence-corrected chi connectivity index (χ4v) is 4.08. The third kappa shape index (κ3) is 8.82. The number of esters is 1. The van der Waals surface area contributed by atoms with E-state index in [1.54, 1.807) is 0 Å². The van der Waals surface area contributed by atoms with E-state index in [9.17, 15) is 4.79 Å². The summed E-state index contributed by atoms with van der Waals surface area (Å²) in [5.41, 5.74) is 1.19. The van der Waals surface area contributed by atoms with Crippen LogP contribution in [0.2, 0.25) is 0 Å². The molecule has 0 bridgehead atoms. The van der Waals surface area contributed by atoms with Crippen molar-refractivity contribution in [2.45, 2.75) is 77.4 Å². The number of hydrogen-bond acceptors (Lipinski definition) is 5. The Kier molecular flexibility index (Phi) is 11.4. The molecule has 2 fully saturated rings. The standard InChI is InChI=1S/C23H37N5O2.HI/c1-3-24-23(25-14-6-9-22(29)30-20-7-4-5-8-20)27-19-12-15-28(16-13-19)21-11-10-18(2)17-26-21;/h10-11,17,19-20H,3-9,12-16H2,1-2H3,(H2,24,25,27);1H. The molecule has 0 spiro atoms. The normalized spacial score (nSPS) is 17.9. The molecule has 174 valence electrons. The molecule has 0 aromatic carbocycles. The van der Waals surface area contributed by atoms with Crippen LogP contribution in [0.15, 0.2) is 23.3 Å². The predicted molar refractivity (Wildman–Crippen MR) is 136 cm³/mol. The van der Waals surface area contributed by atoms with Gasteiger partial charge in [0.2, 0.25) is 0 Å². The number of hydrogen-bond donors (Lipinski definition) is 2. The van der Waals surface area contributed by atoms with Crippen LogP contribution >= 0.6 is 24.0 Å². The first kappa shape index (κ1) is 25.7. The summed E-state index contributed by atoms with van der Waals surface area (Å²) in [4.78, 5) is 23.5. The minimum absolute atomic E-state index is 0. The zero-order valence-electron chi connectivity index (χ0n) is 18.9. The van der Waals surface area contributed by atoms with Crippen molar-refractivity contribution < 1.29 is 9.53 Å². The molecule has 3 rings (SSSR count). The average Bonchev–Trinajstić information content (AvgIpc) is 3.25. The molecule has 0 radical (unpaired) electrons. The first-order chi connectivity index (χ1) is 14.6. The second-order valence-corrected chi connectivity index (χ2v) is 8.36. The third-order valence-electron chi connectivity index (χ3n) is 5.81. The molecule has 0 unspecified atom stereocenters. The number of nitrogens with one attached hydrogen (secondary N) is 2. The minimum Gasteiger partial charge on any atom is -0.462 e. The van der Waals surface area contributed by atoms with Gasteiger partial charge in [-0.2, -0.15) is 0 Å². The van der Waals surface area contributed by atoms with Crippen molar-refractivity contribution in [3.05, 3.63) is 23.9 Å². The third-order valence-corrected chi connectivity index (χ3v) is 5.81. The van der Waals surface area contributed by atoms with Crippen LogP contribution in [0.1, 0.15) is 63.9 Å². The van der Waals surface area contributed by atoms with Gasteiger partial charge in [0.25, 0.3) is 0 Å². The number of rotatable bonds is 8. The lowest BCUT2D eigenvalue weighted by Crippen LogP contribution is -2.49. The molecule has 7 nitrogen and oxygen atoms in total. The van der Waals surface area contributed by atoms with Gasteiger partial charge in [-0.3, -0.25) is 9.79 Å². The van der Waals surface area contributed by atoms with Crippen molar-refractivity contribution in [1.82, 2.24) is 15.6 Å². The molecule has 31 heavy (non-hydrogen) atoms. The van der Waals surface area contributed by atoms with E-state index in [0.29, 0.717) is 19.0 Å². The number of nitrogens with zero attached hydrogens (tertiary/aromatic N) is 3. The van der Waals surface area contributed by atoms with Crippen molar-refractivity contribution in [1.29, 1.82) is 0 Å². The molecule has 8 heteroatoms. The summed E-state index contributed by atoms with van der Waals surface area (Å²) < 4.78 is 5.51. The van der Waals surface area contributed by atoms with Gasteiger partial charge >= 0.3 is 5.97 Å². The van der Waals surface area contributed by atoms with Gasteiger partial charge in [-0.1, -0.05) is 6.07 Å². The zero-order chi connectivity index (χ0) is 21.2. The largest absolute Gasteiger partial charge is 0.462 e. The molecular formula is C23H38IN5O2. The summed E-state index contributed by atoms with van der Waals surface area (Å²) in [7, 11) is 0. The summed E-state index contributed by atoms with van der Waals surface area (Å²) in [5.74, 6) is 1.82. The summed E-state index contributed by atoms with van der Waals surface area (Å²) in [5, 5.41) is 6.88. The topological polar surface area (TPSA) is 78.8 Å². The van der Waals surface area contributed by atoms with Crippen LogP contribution in [0.4, 0.5) is 5.82 Å². The molecular weight excluding hydrogens is 505 g/mol. The van der Waals surface area contributed by atoms with E-state index in [2.05, 4.69) is 51.5 Å². The maximum absolute atomic E-state index is 11.9. The van der Waals surface area contributed by atoms with E-state index in [0.717, 1.165) is 63.5 Å². The predicted octanol–water partition coefficient (Wildman–Crippen LogP) is 3.80. The van der Waals surface area contributed by atoms with Crippen LogP contribution in [-0.2, 0) is 9.53 Å². The lowest BCUT2D eigenvalue weighted by molar-refractivity contribution is -0.148. The van der Waals surface area contributed by atoms with Crippen molar-refractivity contribution >= 4 is 41.7 Å². The first-order valence-corrected chi connectivity index (χ1v) is 11.6. The number of guanidine groups is 1. The zero-order valence-corrected chi connectivity index (χ0v) is 21.3. The minimum atomic E-state index is -0.0767. The Labute approximate surface area is 203 Å². The Morgan fingerprint density at radius 3 is 2.61 bits per heavy atom. The number of aryl methyl sites for hydroxylation is 1. The molecule has 1 aromatic heterocycles. The molecule has 1 aromatic rings. The number of aliphatic imine (C=N–C) groups is 1. The van der Waals surface area contributed by atoms with Crippen molar-refractivity contribution in [3.63, 3.8) is 0 Å². The van der Waals surface area contributed by atoms with Gasteiger partial charge in [0, 0.05) is 44.8 Å². The maximum Gasteiger partial charge on any atom is 0.306 e. The van der Waals surface area contributed by atoms with Gasteiger partial charge in [-0.15, -0.1) is 24.0 Å². The second kappa shape index (κ2) is 13.8. The Morgan fingerprint density at radius 1 is 1.23 bits per heavy atom. The lowest BCUT2D eigenvalue weighted by atomic mass is 10.1. The number of ether oxygens (including phenoxy) is 1. The molecule has 2 heterocycles. The number of carbonyl (C=O) groups is 1. The van der Waals surface area contributed by atoms with Crippen LogP contribution in [0.3, 0.4) is 0 Å². The van der Waals surface area contributed by atoms with Crippen molar-refractivity contribution in [3.8, 4) is 0 Å². The van der Waals surface area contributed by atoms with Crippen molar-refractivity contribution in [2.24, 2.45) is 4.99 Å². The quantitative estimate of drug-likeness (QED) is 0.171. The smallest absolute Gasteiger partial charge is 0.306 e. The summed E-state index contributed by atoms with van der Waals surface area (Å²) in [6, 6.07) is 4.62. The number of carbonyl (C=O) groups excluding carboxylic acids is 1. The lowest BCUT2D eigenvalue weighted by Gasteiger charge is -2.33. The number of pyridine rings is 1. The molecule has 2 aliphatic rings. The molecule has 1 aliphatic heterocycles. The van der Waals surface area contributed by atoms with E-state index in [4.69, 9.17) is 4.74 Å². The van der Waals surface area contributed by atoms with Crippen LogP contribution in [0, 0.1) is 6.92 Å². The summed E-state index contributed by atoms with van der Waals surface area (Å²) in [6.07, 6.45) is 9.76. The Bertz CT molecular complexity index is 684. The summed E-state index contributed by atoms with van der Waals surface area (Å²) in [6.45, 7) is 7.55. The summed E-state index contributed by atoms with van der Waals surface area (Å²) >= 11 is 0. The van der Waals surface area contributed by atoms with E-state index in [-0.39, 0.29) is 36.0 Å². The average molecular weight is 543 g/mol. The van der Waals surface area contributed by atoms with Crippen LogP contribution in [0.25, 0.3) is 0 Å². The monoisotopic (exact) mass is 543 g/mol. The second-order valence-electron chi connectivity index (χ2n) is 8.36. The van der Waals surface area contributed by atoms with Crippen LogP contribution < -0.4 is 15.5 Å². The fourth-order valence-electron chi connectivity index (χ4n) is 4.08. The molecule has 1 aliphatic carbocycles. The van der Waals surface area contributed by atoms with Gasteiger partial charge in [0.05, 0.1) is 0 Å². The maximum atomic E-state index is 11.9. The first-order valence-electron chi connectivity index (χ1n) is 11.6. The van der Waals surface area contributed by atoms with Gasteiger partial charge in [0.1, 0.15) is 11.9 Å². The molecule has 0 atom stereocenters. The van der Waals surface area contributed by atoms with E-state index >= 15 is 0 Å². The molecule has 1 saturated heterocycles. The number of aromatic nitrogens is 1. The molecule has 1 saturated carbocycles. The number of anilines is 1. The van der Waals surface area contributed by atoms with E-state index in [1.807, 2.05) is 6.20 Å². The Balaban J connectivity index is 0.00000341. The van der Waals surface area contributed by atoms with Crippen molar-refractivity contribution in [2.75, 3.05) is 31.1 Å². The van der Waals surface area contributed by atoms with Crippen LogP contribution in [0.5, 0.6) is 0 Å².